The molecule has 0 N–H and O–H groups in total. The second-order valence-electron chi connectivity index (χ2n) is 4.35. The SMILES string of the molecule is CC1=C(C#N)C(C)(C)C[C@@H]2O[C@@H]12. The Bertz CT molecular complexity index is 295. The molecule has 1 aliphatic carbocycles. The zero-order valence-electron chi connectivity index (χ0n) is 7.72. The molecule has 12 heavy (non-hydrogen) atoms. The highest BCUT2D eigenvalue weighted by atomic mass is 16.6. The molecule has 1 fully saturated rings. The van der Waals surface area contributed by atoms with Crippen molar-refractivity contribution in [2.24, 2.45) is 5.41 Å². The number of hydrogen-bond donors (Lipinski definition) is 0. The third-order valence-electron chi connectivity index (χ3n) is 2.90. The van der Waals surface area contributed by atoms with Gasteiger partial charge in [0.15, 0.2) is 0 Å². The molecular weight excluding hydrogens is 150 g/mol. The van der Waals surface area contributed by atoms with Crippen LogP contribution in [0.3, 0.4) is 0 Å². The fraction of sp³-hybridized carbons (Fsp3) is 0.700. The number of allylic oxidation sites excluding steroid dienone is 1. The Morgan fingerprint density at radius 3 is 2.83 bits per heavy atom. The number of nitrogens with zero attached hydrogens (tertiary/aromatic N) is 1. The van der Waals surface area contributed by atoms with Crippen molar-refractivity contribution in [1.82, 2.24) is 0 Å². The van der Waals surface area contributed by atoms with Gasteiger partial charge in [0.25, 0.3) is 0 Å². The third-order valence-corrected chi connectivity index (χ3v) is 2.90. The van der Waals surface area contributed by atoms with Gasteiger partial charge in [0.2, 0.25) is 0 Å². The minimum atomic E-state index is 0.0243. The minimum absolute atomic E-state index is 0.0243. The minimum Gasteiger partial charge on any atom is -0.365 e. The third kappa shape index (κ3) is 0.899. The zero-order valence-corrected chi connectivity index (χ0v) is 7.72. The van der Waals surface area contributed by atoms with Gasteiger partial charge in [-0.2, -0.15) is 5.26 Å². The molecule has 2 atom stereocenters. The lowest BCUT2D eigenvalue weighted by molar-refractivity contribution is 0.325. The molecule has 0 bridgehead atoms. The molecule has 64 valence electrons. The summed E-state index contributed by atoms with van der Waals surface area (Å²) in [5.41, 5.74) is 2.11. The van der Waals surface area contributed by atoms with E-state index in [1.54, 1.807) is 0 Å². The molecule has 0 saturated carbocycles. The first-order chi connectivity index (χ1) is 5.56. The smallest absolute Gasteiger partial charge is 0.106 e. The lowest BCUT2D eigenvalue weighted by Crippen LogP contribution is -2.24. The van der Waals surface area contributed by atoms with Gasteiger partial charge in [0.1, 0.15) is 6.10 Å². The summed E-state index contributed by atoms with van der Waals surface area (Å²) >= 11 is 0. The average Bonchev–Trinajstić information content (AvgIpc) is 2.65. The topological polar surface area (TPSA) is 36.3 Å². The van der Waals surface area contributed by atoms with Crippen LogP contribution in [0.5, 0.6) is 0 Å². The molecule has 0 aromatic heterocycles. The molecule has 0 amide bonds. The number of rotatable bonds is 0. The van der Waals surface area contributed by atoms with Crippen molar-refractivity contribution in [2.45, 2.75) is 39.4 Å². The predicted octanol–water partition coefficient (Wildman–Crippen LogP) is 2.02. The summed E-state index contributed by atoms with van der Waals surface area (Å²) in [5.74, 6) is 0. The monoisotopic (exact) mass is 163 g/mol. The quantitative estimate of drug-likeness (QED) is 0.512. The highest BCUT2D eigenvalue weighted by molar-refractivity contribution is 5.40. The Hall–Kier alpha value is -0.810. The highest BCUT2D eigenvalue weighted by Crippen LogP contribution is 2.48. The van der Waals surface area contributed by atoms with E-state index in [2.05, 4.69) is 19.9 Å². The second kappa shape index (κ2) is 2.11. The van der Waals surface area contributed by atoms with E-state index in [4.69, 9.17) is 10.00 Å². The standard InChI is InChI=1S/C10H13NO/c1-6-7(5-11)10(2,3)4-8-9(6)12-8/h8-9H,4H2,1-3H3/t8-,9-/m0/s1. The van der Waals surface area contributed by atoms with Crippen LogP contribution in [0.25, 0.3) is 0 Å². The lowest BCUT2D eigenvalue weighted by Gasteiger charge is -2.27. The van der Waals surface area contributed by atoms with Crippen molar-refractivity contribution >= 4 is 0 Å². The number of fused-ring (bicyclic) bond motifs is 1. The van der Waals surface area contributed by atoms with Gasteiger partial charge in [-0.05, 0) is 18.9 Å². The van der Waals surface area contributed by atoms with Crippen LogP contribution in [0.1, 0.15) is 27.2 Å². The second-order valence-corrected chi connectivity index (χ2v) is 4.35. The van der Waals surface area contributed by atoms with E-state index in [0.717, 1.165) is 17.6 Å². The number of ether oxygens (including phenoxy) is 1. The molecule has 2 heteroatoms. The summed E-state index contributed by atoms with van der Waals surface area (Å²) in [6, 6.07) is 2.30. The van der Waals surface area contributed by atoms with Crippen LogP contribution in [-0.2, 0) is 4.74 Å². The number of epoxide rings is 1. The van der Waals surface area contributed by atoms with Gasteiger partial charge in [0.05, 0.1) is 12.2 Å². The van der Waals surface area contributed by atoms with E-state index < -0.39 is 0 Å². The summed E-state index contributed by atoms with van der Waals surface area (Å²) < 4.78 is 5.45. The molecule has 0 spiro atoms. The Labute approximate surface area is 72.8 Å². The molecule has 1 heterocycles. The van der Waals surface area contributed by atoms with Crippen molar-refractivity contribution in [3.8, 4) is 6.07 Å². The van der Waals surface area contributed by atoms with Gasteiger partial charge in [0, 0.05) is 11.0 Å². The molecular formula is C10H13NO. The highest BCUT2D eigenvalue weighted by Gasteiger charge is 2.50. The molecule has 2 nitrogen and oxygen atoms in total. The Balaban J connectivity index is 2.44. The van der Waals surface area contributed by atoms with Crippen molar-refractivity contribution in [1.29, 1.82) is 5.26 Å². The molecule has 2 aliphatic rings. The van der Waals surface area contributed by atoms with E-state index >= 15 is 0 Å². The predicted molar refractivity (Wildman–Crippen MR) is 45.4 cm³/mol. The van der Waals surface area contributed by atoms with E-state index in [-0.39, 0.29) is 11.5 Å². The van der Waals surface area contributed by atoms with Crippen LogP contribution in [0.2, 0.25) is 0 Å². The molecule has 0 aromatic rings. The Morgan fingerprint density at radius 1 is 1.58 bits per heavy atom. The van der Waals surface area contributed by atoms with Crippen molar-refractivity contribution in [3.63, 3.8) is 0 Å². The van der Waals surface area contributed by atoms with Crippen LogP contribution in [0, 0.1) is 16.7 Å². The number of nitriles is 1. The summed E-state index contributed by atoms with van der Waals surface area (Å²) in [4.78, 5) is 0. The van der Waals surface area contributed by atoms with Crippen LogP contribution in [-0.4, -0.2) is 12.2 Å². The molecule has 1 saturated heterocycles. The van der Waals surface area contributed by atoms with Crippen LogP contribution in [0.4, 0.5) is 0 Å². The van der Waals surface area contributed by atoms with Gasteiger partial charge in [-0.15, -0.1) is 0 Å². The number of hydrogen-bond acceptors (Lipinski definition) is 2. The summed E-state index contributed by atoms with van der Waals surface area (Å²) in [7, 11) is 0. The average molecular weight is 163 g/mol. The first-order valence-electron chi connectivity index (χ1n) is 4.33. The van der Waals surface area contributed by atoms with Crippen LogP contribution < -0.4 is 0 Å². The summed E-state index contributed by atoms with van der Waals surface area (Å²) in [5, 5.41) is 8.97. The maximum Gasteiger partial charge on any atom is 0.106 e. The van der Waals surface area contributed by atoms with Gasteiger partial charge in [-0.1, -0.05) is 13.8 Å². The first kappa shape index (κ1) is 7.82. The molecule has 2 rings (SSSR count). The lowest BCUT2D eigenvalue weighted by atomic mass is 9.73. The molecule has 0 aromatic carbocycles. The van der Waals surface area contributed by atoms with Crippen molar-refractivity contribution in [3.05, 3.63) is 11.1 Å². The van der Waals surface area contributed by atoms with E-state index in [0.29, 0.717) is 6.10 Å². The normalized spacial score (nSPS) is 37.2. The molecule has 1 aliphatic heterocycles. The van der Waals surface area contributed by atoms with E-state index in [1.807, 2.05) is 6.92 Å². The Kier molecular flexibility index (Phi) is 1.38. The van der Waals surface area contributed by atoms with Gasteiger partial charge < -0.3 is 4.74 Å². The summed E-state index contributed by atoms with van der Waals surface area (Å²) in [6.45, 7) is 6.25. The van der Waals surface area contributed by atoms with Gasteiger partial charge >= 0.3 is 0 Å². The van der Waals surface area contributed by atoms with Crippen LogP contribution in [0.15, 0.2) is 11.1 Å². The maximum atomic E-state index is 8.97. The van der Waals surface area contributed by atoms with Crippen molar-refractivity contribution in [2.75, 3.05) is 0 Å². The molecule has 0 unspecified atom stereocenters. The fourth-order valence-corrected chi connectivity index (χ4v) is 2.20. The Morgan fingerprint density at radius 2 is 2.25 bits per heavy atom. The fourth-order valence-electron chi connectivity index (χ4n) is 2.20. The van der Waals surface area contributed by atoms with E-state index in [1.165, 1.54) is 0 Å². The van der Waals surface area contributed by atoms with Crippen molar-refractivity contribution < 1.29 is 4.74 Å². The van der Waals surface area contributed by atoms with Crippen LogP contribution >= 0.6 is 0 Å². The summed E-state index contributed by atoms with van der Waals surface area (Å²) in [6.07, 6.45) is 1.67. The maximum absolute atomic E-state index is 8.97. The largest absolute Gasteiger partial charge is 0.365 e. The molecule has 0 radical (unpaired) electrons. The van der Waals surface area contributed by atoms with Gasteiger partial charge in [-0.3, -0.25) is 0 Å². The van der Waals surface area contributed by atoms with E-state index in [9.17, 15) is 0 Å². The first-order valence-corrected chi connectivity index (χ1v) is 4.33. The zero-order chi connectivity index (χ0) is 8.93. The van der Waals surface area contributed by atoms with Gasteiger partial charge in [-0.25, -0.2) is 0 Å².